The molecular weight excluding hydrogens is 348 g/mol. The second kappa shape index (κ2) is 6.68. The minimum absolute atomic E-state index is 0.102. The van der Waals surface area contributed by atoms with Crippen LogP contribution in [-0.2, 0) is 22.9 Å². The van der Waals surface area contributed by atoms with Crippen molar-refractivity contribution < 1.29 is 23.8 Å². The lowest BCUT2D eigenvalue weighted by atomic mass is 10.1. The average Bonchev–Trinajstić information content (AvgIpc) is 2.88. The normalized spacial score (nSPS) is 15.1. The first-order chi connectivity index (χ1) is 11.5. The van der Waals surface area contributed by atoms with Crippen LogP contribution in [0.25, 0.3) is 11.0 Å². The maximum atomic E-state index is 14.1. The maximum Gasteiger partial charge on any atom is 0.364 e. The van der Waals surface area contributed by atoms with Crippen molar-refractivity contribution in [1.29, 1.82) is 0 Å². The highest BCUT2D eigenvalue weighted by Gasteiger charge is 2.49. The number of imidazole rings is 1. The van der Waals surface area contributed by atoms with Crippen molar-refractivity contribution in [1.82, 2.24) is 9.55 Å². The molecule has 0 aliphatic heterocycles. The van der Waals surface area contributed by atoms with Crippen LogP contribution in [0.2, 0.25) is 0 Å². The first-order valence-electron chi connectivity index (χ1n) is 8.23. The largest absolute Gasteiger partial charge is 0.395 e. The molecule has 0 saturated heterocycles. The number of aliphatic hydroxyl groups is 1. The summed E-state index contributed by atoms with van der Waals surface area (Å²) in [5.41, 5.74) is 6.87. The van der Waals surface area contributed by atoms with Gasteiger partial charge in [-0.1, -0.05) is 27.7 Å². The molecule has 25 heavy (non-hydrogen) atoms. The fraction of sp³-hybridized carbons (Fsp3) is 0.562. The molecule has 1 unspecified atom stereocenters. The summed E-state index contributed by atoms with van der Waals surface area (Å²) in [7, 11) is -4.95. The summed E-state index contributed by atoms with van der Waals surface area (Å²) in [6.45, 7) is 7.51. The lowest BCUT2D eigenvalue weighted by molar-refractivity contribution is 0.0734. The van der Waals surface area contributed by atoms with E-state index in [1.165, 1.54) is 13.0 Å². The number of anilines is 1. The quantitative estimate of drug-likeness (QED) is 0.456. The third kappa shape index (κ3) is 3.19. The molecule has 1 heterocycles. The van der Waals surface area contributed by atoms with Crippen molar-refractivity contribution in [2.45, 2.75) is 52.4 Å². The van der Waals surface area contributed by atoms with Gasteiger partial charge in [-0.05, 0) is 30.4 Å². The molecule has 7 nitrogen and oxygen atoms in total. The first kappa shape index (κ1) is 19.8. The van der Waals surface area contributed by atoms with Gasteiger partial charge in [0, 0.05) is 6.54 Å². The van der Waals surface area contributed by atoms with Crippen molar-refractivity contribution in [2.24, 2.45) is 5.92 Å². The summed E-state index contributed by atoms with van der Waals surface area (Å²) in [5, 5.41) is 8.30. The molecule has 140 valence electrons. The van der Waals surface area contributed by atoms with Gasteiger partial charge >= 0.3 is 7.60 Å². The van der Waals surface area contributed by atoms with Crippen LogP contribution >= 0.6 is 7.60 Å². The van der Waals surface area contributed by atoms with Crippen molar-refractivity contribution in [3.8, 4) is 0 Å². The molecule has 0 amide bonds. The molecule has 0 spiro atoms. The Morgan fingerprint density at radius 2 is 2.00 bits per heavy atom. The van der Waals surface area contributed by atoms with E-state index in [0.717, 1.165) is 0 Å². The second-order valence-corrected chi connectivity index (χ2v) is 8.46. The Hall–Kier alpha value is -1.47. The Morgan fingerprint density at radius 1 is 1.40 bits per heavy atom. The van der Waals surface area contributed by atoms with Gasteiger partial charge in [0.15, 0.2) is 5.82 Å². The molecule has 1 aromatic heterocycles. The highest BCUT2D eigenvalue weighted by atomic mass is 31.2. The molecular formula is C16H25FN3O4P. The van der Waals surface area contributed by atoms with Crippen LogP contribution in [0.3, 0.4) is 0 Å². The van der Waals surface area contributed by atoms with E-state index in [4.69, 9.17) is 5.73 Å². The number of benzene rings is 1. The zero-order chi connectivity index (χ0) is 19.2. The molecule has 2 rings (SSSR count). The summed E-state index contributed by atoms with van der Waals surface area (Å²) in [6.07, 6.45) is 0.236. The molecule has 0 bridgehead atoms. The zero-order valence-electron chi connectivity index (χ0n) is 14.8. The molecule has 1 atom stereocenters. The standard InChI is InChI=1S/C16H25FN3O4P/c1-5-10-7-11(17)12(18)13-14(10)20(8-9(3)4)15(19-13)16(21,6-2)25(22,23)24/h7,9,21H,5-6,8,18H2,1-4H3,(H2,22,23,24). The van der Waals surface area contributed by atoms with Gasteiger partial charge in [0.1, 0.15) is 11.3 Å². The Bertz CT molecular complexity index is 846. The Kier molecular flexibility index (Phi) is 5.31. The molecule has 0 aliphatic rings. The number of hydrogen-bond acceptors (Lipinski definition) is 4. The highest BCUT2D eigenvalue weighted by molar-refractivity contribution is 7.52. The van der Waals surface area contributed by atoms with Crippen LogP contribution in [-0.4, -0.2) is 24.4 Å². The predicted molar refractivity (Wildman–Crippen MR) is 94.6 cm³/mol. The predicted octanol–water partition coefficient (Wildman–Crippen LogP) is 2.71. The zero-order valence-corrected chi connectivity index (χ0v) is 15.7. The smallest absolute Gasteiger partial charge is 0.364 e. The van der Waals surface area contributed by atoms with Crippen LogP contribution in [0.1, 0.15) is 45.5 Å². The molecule has 2 aromatic rings. The molecule has 9 heteroatoms. The monoisotopic (exact) mass is 373 g/mol. The van der Waals surface area contributed by atoms with Crippen LogP contribution in [0.5, 0.6) is 0 Å². The first-order valence-corrected chi connectivity index (χ1v) is 9.84. The summed E-state index contributed by atoms with van der Waals surface area (Å²) >= 11 is 0. The number of aromatic nitrogens is 2. The molecule has 0 aliphatic carbocycles. The van der Waals surface area contributed by atoms with Gasteiger partial charge in [0.2, 0.25) is 5.34 Å². The van der Waals surface area contributed by atoms with Gasteiger partial charge in [0.05, 0.1) is 11.2 Å². The summed E-state index contributed by atoms with van der Waals surface area (Å²) in [5.74, 6) is -0.717. The molecule has 0 fully saturated rings. The molecule has 0 saturated carbocycles. The highest BCUT2D eigenvalue weighted by Crippen LogP contribution is 2.57. The van der Waals surface area contributed by atoms with Crippen LogP contribution in [0.4, 0.5) is 10.1 Å². The molecule has 5 N–H and O–H groups in total. The third-order valence-electron chi connectivity index (χ3n) is 4.35. The number of hydrogen-bond donors (Lipinski definition) is 4. The van der Waals surface area contributed by atoms with E-state index in [2.05, 4.69) is 4.98 Å². The van der Waals surface area contributed by atoms with Gasteiger partial charge in [-0.25, -0.2) is 9.37 Å². The van der Waals surface area contributed by atoms with Gasteiger partial charge in [-0.2, -0.15) is 0 Å². The van der Waals surface area contributed by atoms with Crippen LogP contribution in [0, 0.1) is 11.7 Å². The summed E-state index contributed by atoms with van der Waals surface area (Å²) in [6, 6.07) is 1.31. The van der Waals surface area contributed by atoms with E-state index < -0.39 is 18.8 Å². The topological polar surface area (TPSA) is 122 Å². The minimum Gasteiger partial charge on any atom is -0.395 e. The minimum atomic E-state index is -4.95. The van der Waals surface area contributed by atoms with Crippen molar-refractivity contribution in [3.05, 3.63) is 23.3 Å². The SMILES string of the molecule is CCc1cc(F)c(N)c2nc(C(O)(CC)P(=O)(O)O)n(CC(C)C)c12. The number of nitrogens with zero attached hydrogens (tertiary/aromatic N) is 2. The second-order valence-electron chi connectivity index (χ2n) is 6.64. The Labute approximate surface area is 145 Å². The summed E-state index contributed by atoms with van der Waals surface area (Å²) in [4.78, 5) is 23.7. The number of nitrogen functional groups attached to an aromatic ring is 1. The number of halogens is 1. The lowest BCUT2D eigenvalue weighted by Crippen LogP contribution is -2.30. The van der Waals surface area contributed by atoms with Crippen LogP contribution in [0.15, 0.2) is 6.07 Å². The Morgan fingerprint density at radius 3 is 2.44 bits per heavy atom. The molecule has 0 radical (unpaired) electrons. The van der Waals surface area contributed by atoms with Crippen molar-refractivity contribution >= 4 is 24.3 Å². The Balaban J connectivity index is 2.98. The molecule has 1 aromatic carbocycles. The van der Waals surface area contributed by atoms with E-state index in [-0.39, 0.29) is 29.4 Å². The van der Waals surface area contributed by atoms with E-state index in [1.807, 2.05) is 20.8 Å². The maximum absolute atomic E-state index is 14.1. The fourth-order valence-corrected chi connectivity index (χ4v) is 3.83. The fourth-order valence-electron chi connectivity index (χ4n) is 2.99. The number of fused-ring (bicyclic) bond motifs is 1. The van der Waals surface area contributed by atoms with Crippen molar-refractivity contribution in [3.63, 3.8) is 0 Å². The van der Waals surface area contributed by atoms with Gasteiger partial charge in [-0.15, -0.1) is 0 Å². The van der Waals surface area contributed by atoms with Gasteiger partial charge in [-0.3, -0.25) is 4.57 Å². The third-order valence-corrected chi connectivity index (χ3v) is 5.83. The van der Waals surface area contributed by atoms with E-state index in [1.54, 1.807) is 4.57 Å². The lowest BCUT2D eigenvalue weighted by Gasteiger charge is -2.28. The average molecular weight is 373 g/mol. The van der Waals surface area contributed by atoms with Crippen molar-refractivity contribution in [2.75, 3.05) is 5.73 Å². The summed E-state index contributed by atoms with van der Waals surface area (Å²) < 4.78 is 27.7. The number of rotatable bonds is 6. The number of aryl methyl sites for hydroxylation is 1. The van der Waals surface area contributed by atoms with E-state index in [9.17, 15) is 23.8 Å². The van der Waals surface area contributed by atoms with E-state index >= 15 is 0 Å². The van der Waals surface area contributed by atoms with Crippen LogP contribution < -0.4 is 5.73 Å². The van der Waals surface area contributed by atoms with E-state index in [0.29, 0.717) is 24.0 Å². The van der Waals surface area contributed by atoms with Gasteiger partial charge < -0.3 is 25.2 Å². The number of nitrogens with two attached hydrogens (primary N) is 1. The van der Waals surface area contributed by atoms with Gasteiger partial charge in [0.25, 0.3) is 0 Å².